The van der Waals surface area contributed by atoms with E-state index in [9.17, 15) is 4.79 Å². The molecule has 0 saturated carbocycles. The number of para-hydroxylation sites is 1. The van der Waals surface area contributed by atoms with E-state index in [-0.39, 0.29) is 24.2 Å². The van der Waals surface area contributed by atoms with Crippen molar-refractivity contribution < 1.29 is 14.3 Å². The minimum atomic E-state index is -0.0838. The van der Waals surface area contributed by atoms with Crippen LogP contribution in [0.1, 0.15) is 32.4 Å². The second kappa shape index (κ2) is 7.61. The topological polar surface area (TPSA) is 50.8 Å². The van der Waals surface area contributed by atoms with Gasteiger partial charge in [-0.1, -0.05) is 18.2 Å². The molecule has 1 aliphatic rings. The highest BCUT2D eigenvalue weighted by molar-refractivity contribution is 5.78. The molecule has 0 radical (unpaired) electrons. The van der Waals surface area contributed by atoms with Crippen LogP contribution in [0.15, 0.2) is 24.3 Å². The number of hydrogen-bond donors (Lipinski definition) is 1. The quantitative estimate of drug-likeness (QED) is 0.904. The van der Waals surface area contributed by atoms with Gasteiger partial charge in [-0.3, -0.25) is 9.69 Å². The van der Waals surface area contributed by atoms with Gasteiger partial charge in [-0.25, -0.2) is 0 Å². The van der Waals surface area contributed by atoms with Gasteiger partial charge in [0.15, 0.2) is 0 Å². The molecule has 22 heavy (non-hydrogen) atoms. The van der Waals surface area contributed by atoms with Crippen molar-refractivity contribution in [3.63, 3.8) is 0 Å². The zero-order valence-electron chi connectivity index (χ0n) is 13.8. The van der Waals surface area contributed by atoms with Crippen LogP contribution in [-0.4, -0.2) is 49.8 Å². The van der Waals surface area contributed by atoms with E-state index < -0.39 is 0 Å². The van der Waals surface area contributed by atoms with Crippen LogP contribution in [0.5, 0.6) is 5.75 Å². The second-order valence-corrected chi connectivity index (χ2v) is 5.98. The summed E-state index contributed by atoms with van der Waals surface area (Å²) in [6, 6.07) is 7.67. The Morgan fingerprint density at radius 3 is 2.64 bits per heavy atom. The fourth-order valence-corrected chi connectivity index (χ4v) is 3.01. The number of amides is 1. The highest BCUT2D eigenvalue weighted by Crippen LogP contribution is 2.24. The lowest BCUT2D eigenvalue weighted by molar-refractivity contribution is -0.126. The maximum atomic E-state index is 12.3. The Kier molecular flexibility index (Phi) is 5.80. The Hall–Kier alpha value is -1.59. The average Bonchev–Trinajstić information content (AvgIpc) is 2.45. The first-order valence-corrected chi connectivity index (χ1v) is 7.79. The summed E-state index contributed by atoms with van der Waals surface area (Å²) in [5.41, 5.74) is 0.988. The van der Waals surface area contributed by atoms with Crippen molar-refractivity contribution in [3.8, 4) is 5.75 Å². The number of benzene rings is 1. The fourth-order valence-electron chi connectivity index (χ4n) is 3.01. The van der Waals surface area contributed by atoms with Gasteiger partial charge in [0.25, 0.3) is 0 Å². The number of methoxy groups -OCH3 is 1. The maximum absolute atomic E-state index is 12.3. The summed E-state index contributed by atoms with van der Waals surface area (Å²) in [5.74, 6) is 0.823. The molecule has 3 atom stereocenters. The average molecular weight is 306 g/mol. The van der Waals surface area contributed by atoms with E-state index in [1.165, 1.54) is 0 Å². The van der Waals surface area contributed by atoms with Crippen molar-refractivity contribution in [1.82, 2.24) is 10.2 Å². The summed E-state index contributed by atoms with van der Waals surface area (Å²) >= 11 is 0. The van der Waals surface area contributed by atoms with E-state index in [2.05, 4.69) is 10.2 Å². The normalized spacial score (nSPS) is 23.8. The molecule has 0 aromatic heterocycles. The minimum absolute atomic E-state index is 0.0275. The molecule has 1 aromatic carbocycles. The smallest absolute Gasteiger partial charge is 0.234 e. The van der Waals surface area contributed by atoms with Gasteiger partial charge in [-0.05, 0) is 26.8 Å². The van der Waals surface area contributed by atoms with Gasteiger partial charge >= 0.3 is 0 Å². The molecule has 0 spiro atoms. The van der Waals surface area contributed by atoms with Gasteiger partial charge in [0, 0.05) is 18.7 Å². The van der Waals surface area contributed by atoms with Crippen LogP contribution in [0, 0.1) is 0 Å². The molecule has 5 nitrogen and oxygen atoms in total. The lowest BCUT2D eigenvalue weighted by Crippen LogP contribution is -2.49. The number of nitrogens with one attached hydrogen (secondary N) is 1. The predicted octanol–water partition coefficient (Wildman–Crippen LogP) is 1.98. The standard InChI is InChI=1S/C17H26N2O3/c1-12-9-19(10-13(2)22-12)11-17(20)18-14(3)15-7-5-6-8-16(15)21-4/h5-8,12-14H,9-11H2,1-4H3,(H,18,20). The van der Waals surface area contributed by atoms with E-state index in [4.69, 9.17) is 9.47 Å². The van der Waals surface area contributed by atoms with Crippen molar-refractivity contribution in [1.29, 1.82) is 0 Å². The molecule has 1 amide bonds. The van der Waals surface area contributed by atoms with Crippen LogP contribution in [0.4, 0.5) is 0 Å². The van der Waals surface area contributed by atoms with Gasteiger partial charge in [0.1, 0.15) is 5.75 Å². The molecule has 0 aliphatic carbocycles. The first-order chi connectivity index (χ1) is 10.5. The van der Waals surface area contributed by atoms with Gasteiger partial charge in [0.05, 0.1) is 31.9 Å². The van der Waals surface area contributed by atoms with Gasteiger partial charge in [-0.15, -0.1) is 0 Å². The van der Waals surface area contributed by atoms with E-state index in [0.29, 0.717) is 6.54 Å². The Balaban J connectivity index is 1.91. The van der Waals surface area contributed by atoms with Gasteiger partial charge in [0.2, 0.25) is 5.91 Å². The molecule has 1 heterocycles. The SMILES string of the molecule is COc1ccccc1C(C)NC(=O)CN1CC(C)OC(C)C1. The lowest BCUT2D eigenvalue weighted by atomic mass is 10.1. The largest absolute Gasteiger partial charge is 0.496 e. The second-order valence-electron chi connectivity index (χ2n) is 5.98. The summed E-state index contributed by atoms with van der Waals surface area (Å²) in [5, 5.41) is 3.05. The summed E-state index contributed by atoms with van der Waals surface area (Å²) in [6.45, 7) is 8.04. The van der Waals surface area contributed by atoms with Crippen molar-refractivity contribution in [2.45, 2.75) is 39.0 Å². The summed E-state index contributed by atoms with van der Waals surface area (Å²) in [4.78, 5) is 14.4. The minimum Gasteiger partial charge on any atom is -0.496 e. The van der Waals surface area contributed by atoms with Crippen LogP contribution in [0.3, 0.4) is 0 Å². The van der Waals surface area contributed by atoms with E-state index in [1.54, 1.807) is 7.11 Å². The molecule has 122 valence electrons. The summed E-state index contributed by atoms with van der Waals surface area (Å²) < 4.78 is 11.0. The first kappa shape index (κ1) is 16.8. The number of rotatable bonds is 5. The van der Waals surface area contributed by atoms with Crippen molar-refractivity contribution in [3.05, 3.63) is 29.8 Å². The van der Waals surface area contributed by atoms with Crippen LogP contribution < -0.4 is 10.1 Å². The molecule has 2 rings (SSSR count). The fraction of sp³-hybridized carbons (Fsp3) is 0.588. The summed E-state index contributed by atoms with van der Waals surface area (Å²) in [7, 11) is 1.64. The van der Waals surface area contributed by atoms with Crippen LogP contribution in [0.2, 0.25) is 0 Å². The highest BCUT2D eigenvalue weighted by Gasteiger charge is 2.24. The van der Waals surface area contributed by atoms with E-state index >= 15 is 0 Å². The van der Waals surface area contributed by atoms with Crippen LogP contribution in [0.25, 0.3) is 0 Å². The van der Waals surface area contributed by atoms with Gasteiger partial charge < -0.3 is 14.8 Å². The Morgan fingerprint density at radius 2 is 2.00 bits per heavy atom. The predicted molar refractivity (Wildman–Crippen MR) is 86.0 cm³/mol. The lowest BCUT2D eigenvalue weighted by Gasteiger charge is -2.35. The number of morpholine rings is 1. The number of carbonyl (C=O) groups excluding carboxylic acids is 1. The molecule has 1 aromatic rings. The third-order valence-corrected chi connectivity index (χ3v) is 3.85. The van der Waals surface area contributed by atoms with Crippen LogP contribution >= 0.6 is 0 Å². The van der Waals surface area contributed by atoms with Gasteiger partial charge in [-0.2, -0.15) is 0 Å². The number of nitrogens with zero attached hydrogens (tertiary/aromatic N) is 1. The molecule has 1 N–H and O–H groups in total. The molecular formula is C17H26N2O3. The molecule has 0 bridgehead atoms. The molecule has 5 heteroatoms. The maximum Gasteiger partial charge on any atom is 0.234 e. The molecule has 1 fully saturated rings. The highest BCUT2D eigenvalue weighted by atomic mass is 16.5. The van der Waals surface area contributed by atoms with Crippen molar-refractivity contribution >= 4 is 5.91 Å². The van der Waals surface area contributed by atoms with Crippen molar-refractivity contribution in [2.75, 3.05) is 26.7 Å². The monoisotopic (exact) mass is 306 g/mol. The third-order valence-electron chi connectivity index (χ3n) is 3.85. The molecular weight excluding hydrogens is 280 g/mol. The zero-order valence-corrected chi connectivity index (χ0v) is 13.8. The third kappa shape index (κ3) is 4.45. The number of ether oxygens (including phenoxy) is 2. The van der Waals surface area contributed by atoms with E-state index in [1.807, 2.05) is 45.0 Å². The molecule has 1 saturated heterocycles. The Bertz CT molecular complexity index is 496. The number of carbonyl (C=O) groups is 1. The zero-order chi connectivity index (χ0) is 16.1. The van der Waals surface area contributed by atoms with Crippen molar-refractivity contribution in [2.24, 2.45) is 0 Å². The Morgan fingerprint density at radius 1 is 1.36 bits per heavy atom. The van der Waals surface area contributed by atoms with Crippen LogP contribution in [-0.2, 0) is 9.53 Å². The Labute approximate surface area is 132 Å². The first-order valence-electron chi connectivity index (χ1n) is 7.79. The summed E-state index contributed by atoms with van der Waals surface area (Å²) in [6.07, 6.45) is 0.339. The molecule has 1 aliphatic heterocycles. The number of hydrogen-bond acceptors (Lipinski definition) is 4. The van der Waals surface area contributed by atoms with E-state index in [0.717, 1.165) is 24.4 Å². The molecule has 3 unspecified atom stereocenters.